The third-order valence-electron chi connectivity index (χ3n) is 7.22. The Bertz CT molecular complexity index is 1640. The number of esters is 1. The normalized spacial score (nSPS) is 24.3. The van der Waals surface area contributed by atoms with Crippen LogP contribution >= 0.6 is 23.7 Å². The van der Waals surface area contributed by atoms with Crippen molar-refractivity contribution in [2.24, 2.45) is 0 Å². The monoisotopic (exact) mass is 663 g/mol. The summed E-state index contributed by atoms with van der Waals surface area (Å²) in [5, 5.41) is 12.4. The van der Waals surface area contributed by atoms with Crippen molar-refractivity contribution in [1.29, 1.82) is 0 Å². The Kier molecular flexibility index (Phi) is 9.46. The van der Waals surface area contributed by atoms with Gasteiger partial charge in [-0.15, -0.1) is 0 Å². The van der Waals surface area contributed by atoms with E-state index in [2.05, 4.69) is 20.9 Å². The van der Waals surface area contributed by atoms with Crippen LogP contribution in [0.3, 0.4) is 0 Å². The number of aliphatic hydroxyl groups is 1. The number of aromatic nitrogens is 2. The second kappa shape index (κ2) is 13.1. The van der Waals surface area contributed by atoms with Crippen molar-refractivity contribution < 1.29 is 33.0 Å². The molecule has 2 fully saturated rings. The van der Waals surface area contributed by atoms with Gasteiger partial charge >= 0.3 is 19.4 Å². The van der Waals surface area contributed by atoms with Gasteiger partial charge in [-0.3, -0.25) is 23.7 Å². The average molecular weight is 664 g/mol. The first-order chi connectivity index (χ1) is 20.2. The van der Waals surface area contributed by atoms with E-state index < -0.39 is 49.4 Å². The van der Waals surface area contributed by atoms with Crippen LogP contribution in [0.5, 0.6) is 5.75 Å². The molecule has 14 heteroatoms. The first kappa shape index (κ1) is 30.4. The van der Waals surface area contributed by atoms with Gasteiger partial charge in [0.15, 0.2) is 0 Å². The molecule has 3 heterocycles. The highest BCUT2D eigenvalue weighted by Crippen LogP contribution is 2.56. The molecular formula is C28H31BrN3O9P. The molecule has 2 aromatic carbocycles. The molecule has 2 saturated heterocycles. The minimum atomic E-state index is -4.22. The number of rotatable bonds is 10. The van der Waals surface area contributed by atoms with Gasteiger partial charge in [-0.05, 0) is 42.3 Å². The van der Waals surface area contributed by atoms with E-state index in [1.165, 1.54) is 26.5 Å². The fraction of sp³-hybridized carbons (Fsp3) is 0.393. The smallest absolute Gasteiger partial charge is 0.462 e. The Morgan fingerprint density at radius 2 is 2.02 bits per heavy atom. The molecule has 2 aliphatic heterocycles. The molecule has 5 rings (SSSR count). The van der Waals surface area contributed by atoms with E-state index in [1.54, 1.807) is 19.1 Å². The predicted octanol–water partition coefficient (Wildman–Crippen LogP) is 3.94. The van der Waals surface area contributed by atoms with E-state index in [0.29, 0.717) is 24.0 Å². The highest BCUT2D eigenvalue weighted by Gasteiger charge is 2.48. The number of hydrogen-bond donors (Lipinski definition) is 2. The standard InChI is InChI=1S/C28H31BrN3O9P/c1-2-38-27(35)21-10-6-14-32(21)42(37,41-23-11-5-8-18-7-3-4-9-20(18)23)39-17-24-22(33)15-25(40-24)31-16-19(12-13-29)26(34)30-28(31)36/h3-5,7-9,11-13,16,21-22,24-25,33H,2,6,10,14-15,17H2,1H3,(H,30,34,36)/b13-12+/t21-,22-,24+,25+,42?/m0/s1. The number of fused-ring (bicyclic) bond motifs is 1. The van der Waals surface area contributed by atoms with Gasteiger partial charge in [0.2, 0.25) is 0 Å². The lowest BCUT2D eigenvalue weighted by molar-refractivity contribution is -0.147. The fourth-order valence-corrected chi connectivity index (χ4v) is 7.45. The van der Waals surface area contributed by atoms with E-state index in [0.717, 1.165) is 5.39 Å². The number of ether oxygens (including phenoxy) is 2. The molecule has 12 nitrogen and oxygen atoms in total. The Morgan fingerprint density at radius 3 is 2.81 bits per heavy atom. The number of nitrogens with zero attached hydrogens (tertiary/aromatic N) is 2. The van der Waals surface area contributed by atoms with Gasteiger partial charge in [-0.1, -0.05) is 52.3 Å². The van der Waals surface area contributed by atoms with E-state index in [1.807, 2.05) is 30.3 Å². The molecule has 3 aromatic rings. The maximum Gasteiger partial charge on any atom is 0.462 e. The Hall–Kier alpha value is -3.06. The highest BCUT2D eigenvalue weighted by molar-refractivity contribution is 9.11. The summed E-state index contributed by atoms with van der Waals surface area (Å²) in [5.41, 5.74) is -1.07. The molecule has 42 heavy (non-hydrogen) atoms. The molecule has 0 saturated carbocycles. The predicted molar refractivity (Wildman–Crippen MR) is 158 cm³/mol. The summed E-state index contributed by atoms with van der Waals surface area (Å²) in [6, 6.07) is 11.9. The molecule has 0 bridgehead atoms. The largest absolute Gasteiger partial charge is 0.465 e. The molecule has 2 aliphatic rings. The van der Waals surface area contributed by atoms with Crippen molar-refractivity contribution in [3.05, 3.63) is 80.0 Å². The zero-order valence-electron chi connectivity index (χ0n) is 22.8. The number of halogens is 1. The molecule has 1 unspecified atom stereocenters. The topological polar surface area (TPSA) is 149 Å². The summed E-state index contributed by atoms with van der Waals surface area (Å²) in [6.45, 7) is 1.76. The van der Waals surface area contributed by atoms with E-state index in [4.69, 9.17) is 18.5 Å². The minimum Gasteiger partial charge on any atom is -0.465 e. The Labute approximate surface area is 249 Å². The summed E-state index contributed by atoms with van der Waals surface area (Å²) in [7, 11) is -4.22. The van der Waals surface area contributed by atoms with Crippen LogP contribution in [0.15, 0.2) is 63.2 Å². The number of hydrogen-bond acceptors (Lipinski definition) is 9. The minimum absolute atomic E-state index is 0.0150. The zero-order chi connectivity index (χ0) is 29.9. The van der Waals surface area contributed by atoms with Crippen LogP contribution in [-0.2, 0) is 23.4 Å². The summed E-state index contributed by atoms with van der Waals surface area (Å²) in [5.74, 6) is -0.216. The third kappa shape index (κ3) is 6.31. The van der Waals surface area contributed by atoms with Gasteiger partial charge in [-0.25, -0.2) is 9.36 Å². The summed E-state index contributed by atoms with van der Waals surface area (Å²) < 4.78 is 40.5. The van der Waals surface area contributed by atoms with Gasteiger partial charge in [0, 0.05) is 24.5 Å². The van der Waals surface area contributed by atoms with Gasteiger partial charge in [0.1, 0.15) is 24.1 Å². The third-order valence-corrected chi connectivity index (χ3v) is 9.49. The maximum absolute atomic E-state index is 14.6. The van der Waals surface area contributed by atoms with Gasteiger partial charge in [0.05, 0.1) is 24.9 Å². The molecule has 1 aromatic heterocycles. The number of benzene rings is 2. The van der Waals surface area contributed by atoms with E-state index in [-0.39, 0.29) is 31.7 Å². The highest BCUT2D eigenvalue weighted by atomic mass is 79.9. The van der Waals surface area contributed by atoms with Crippen LogP contribution in [0.1, 0.15) is 38.0 Å². The molecule has 5 atom stereocenters. The van der Waals surface area contributed by atoms with Gasteiger partial charge in [-0.2, -0.15) is 4.67 Å². The lowest BCUT2D eigenvalue weighted by Crippen LogP contribution is -2.38. The number of H-pyrrole nitrogens is 1. The average Bonchev–Trinajstić information content (AvgIpc) is 3.61. The number of carbonyl (C=O) groups is 1. The number of nitrogens with one attached hydrogen (secondary N) is 1. The Morgan fingerprint density at radius 1 is 1.24 bits per heavy atom. The van der Waals surface area contributed by atoms with Crippen molar-refractivity contribution in [3.8, 4) is 5.75 Å². The summed E-state index contributed by atoms with van der Waals surface area (Å²) in [6.07, 6.45) is 0.807. The SMILES string of the molecule is CCOC(=O)[C@@H]1CCCN1P(=O)(OC[C@H]1O[C@@H](n2cc(/C=C/Br)c(=O)[nH]c2=O)C[C@@H]1O)Oc1cccc2ccccc12. The quantitative estimate of drug-likeness (QED) is 0.241. The molecule has 0 radical (unpaired) electrons. The van der Waals surface area contributed by atoms with Gasteiger partial charge in [0.25, 0.3) is 5.56 Å². The Balaban J connectivity index is 1.41. The van der Waals surface area contributed by atoms with Crippen molar-refractivity contribution in [1.82, 2.24) is 14.2 Å². The first-order valence-electron chi connectivity index (χ1n) is 13.6. The van der Waals surface area contributed by atoms with Crippen molar-refractivity contribution in [3.63, 3.8) is 0 Å². The molecule has 2 N–H and O–H groups in total. The number of aromatic amines is 1. The number of carbonyl (C=O) groups excluding carboxylic acids is 1. The molecule has 0 spiro atoms. The first-order valence-corrected chi connectivity index (χ1v) is 16.0. The van der Waals surface area contributed by atoms with Crippen molar-refractivity contribution >= 4 is 46.5 Å². The molecule has 0 amide bonds. The van der Waals surface area contributed by atoms with E-state index in [9.17, 15) is 24.1 Å². The summed E-state index contributed by atoms with van der Waals surface area (Å²) >= 11 is 3.11. The second-order valence-electron chi connectivity index (χ2n) is 9.88. The van der Waals surface area contributed by atoms with Crippen LogP contribution in [-0.4, -0.2) is 63.3 Å². The lowest BCUT2D eigenvalue weighted by atomic mass is 10.1. The van der Waals surface area contributed by atoms with Crippen LogP contribution in [0.25, 0.3) is 16.8 Å². The molecular weight excluding hydrogens is 633 g/mol. The zero-order valence-corrected chi connectivity index (χ0v) is 25.2. The maximum atomic E-state index is 14.6. The van der Waals surface area contributed by atoms with Crippen LogP contribution < -0.4 is 15.8 Å². The molecule has 224 valence electrons. The lowest BCUT2D eigenvalue weighted by Gasteiger charge is -2.31. The van der Waals surface area contributed by atoms with Crippen LogP contribution in [0.4, 0.5) is 0 Å². The molecule has 0 aliphatic carbocycles. The van der Waals surface area contributed by atoms with Crippen LogP contribution in [0, 0.1) is 0 Å². The fourth-order valence-electron chi connectivity index (χ4n) is 5.18. The second-order valence-corrected chi connectivity index (χ2v) is 12.3. The van der Waals surface area contributed by atoms with Crippen LogP contribution in [0.2, 0.25) is 0 Å². The summed E-state index contributed by atoms with van der Waals surface area (Å²) in [4.78, 5) is 41.1. The van der Waals surface area contributed by atoms with Crippen molar-refractivity contribution in [2.45, 2.75) is 50.7 Å². The van der Waals surface area contributed by atoms with E-state index >= 15 is 0 Å². The van der Waals surface area contributed by atoms with Crippen molar-refractivity contribution in [2.75, 3.05) is 19.8 Å². The number of aliphatic hydroxyl groups excluding tert-OH is 1. The van der Waals surface area contributed by atoms with Gasteiger partial charge < -0.3 is 19.1 Å².